The molecule has 126 valence electrons. The van der Waals surface area contributed by atoms with Gasteiger partial charge in [-0.15, -0.1) is 0 Å². The minimum Gasteiger partial charge on any atom is -0.465 e. The normalized spacial score (nSPS) is 22.2. The largest absolute Gasteiger partial charge is 0.465 e. The summed E-state index contributed by atoms with van der Waals surface area (Å²) in [5, 5.41) is 3.09. The zero-order valence-electron chi connectivity index (χ0n) is 13.5. The van der Waals surface area contributed by atoms with Crippen molar-refractivity contribution < 1.29 is 19.1 Å². The van der Waals surface area contributed by atoms with Crippen LogP contribution >= 0.6 is 0 Å². The molecule has 2 saturated heterocycles. The molecule has 0 aromatic rings. The number of morpholine rings is 1. The van der Waals surface area contributed by atoms with Gasteiger partial charge in [-0.1, -0.05) is 0 Å². The summed E-state index contributed by atoms with van der Waals surface area (Å²) in [6.07, 6.45) is 1.72. The molecule has 0 spiro atoms. The Kier molecular flexibility index (Phi) is 6.45. The number of likely N-dealkylation sites (tertiary alicyclic amines) is 1. The quantitative estimate of drug-likeness (QED) is 0.763. The van der Waals surface area contributed by atoms with E-state index < -0.39 is 0 Å². The second-order valence-corrected chi connectivity index (χ2v) is 5.79. The molecule has 0 saturated carbocycles. The molecule has 2 aliphatic heterocycles. The van der Waals surface area contributed by atoms with Gasteiger partial charge in [-0.05, 0) is 26.7 Å². The number of ether oxygens (including phenoxy) is 2. The maximum Gasteiger partial charge on any atom is 0.323 e. The molecule has 0 aromatic heterocycles. The van der Waals surface area contributed by atoms with E-state index >= 15 is 0 Å². The van der Waals surface area contributed by atoms with Crippen LogP contribution in [-0.4, -0.2) is 79.9 Å². The lowest BCUT2D eigenvalue weighted by Gasteiger charge is -2.36. The van der Waals surface area contributed by atoms with Crippen LogP contribution in [0.2, 0.25) is 0 Å². The first-order valence-corrected chi connectivity index (χ1v) is 8.15. The Morgan fingerprint density at radius 1 is 1.23 bits per heavy atom. The number of amides is 2. The Labute approximate surface area is 131 Å². The minimum atomic E-state index is -0.212. The van der Waals surface area contributed by atoms with Gasteiger partial charge in [-0.25, -0.2) is 4.79 Å². The highest BCUT2D eigenvalue weighted by Gasteiger charge is 2.29. The van der Waals surface area contributed by atoms with E-state index in [9.17, 15) is 9.59 Å². The molecule has 2 heterocycles. The Morgan fingerprint density at radius 3 is 2.45 bits per heavy atom. The van der Waals surface area contributed by atoms with Crippen molar-refractivity contribution in [3.05, 3.63) is 0 Å². The molecule has 1 unspecified atom stereocenters. The van der Waals surface area contributed by atoms with Gasteiger partial charge >= 0.3 is 12.0 Å². The summed E-state index contributed by atoms with van der Waals surface area (Å²) < 4.78 is 10.3. The predicted octanol–water partition coefficient (Wildman–Crippen LogP) is 0.444. The first-order chi connectivity index (χ1) is 10.6. The van der Waals surface area contributed by atoms with Gasteiger partial charge in [0.15, 0.2) is 0 Å². The Bertz CT molecular complexity index is 377. The zero-order chi connectivity index (χ0) is 15.9. The number of nitrogens with one attached hydrogen (secondary N) is 1. The van der Waals surface area contributed by atoms with Crippen LogP contribution in [0, 0.1) is 0 Å². The van der Waals surface area contributed by atoms with E-state index in [4.69, 9.17) is 9.47 Å². The van der Waals surface area contributed by atoms with E-state index in [1.165, 1.54) is 0 Å². The highest BCUT2D eigenvalue weighted by Crippen LogP contribution is 2.14. The molecule has 7 heteroatoms. The number of urea groups is 1. The SMILES string of the molecule is CCOC(=O)C(C)N1CCC(NC(=O)N2CCOCC2)CC1. The smallest absolute Gasteiger partial charge is 0.323 e. The predicted molar refractivity (Wildman–Crippen MR) is 81.6 cm³/mol. The van der Waals surface area contributed by atoms with Crippen molar-refractivity contribution in [1.82, 2.24) is 15.1 Å². The lowest BCUT2D eigenvalue weighted by Crippen LogP contribution is -2.53. The highest BCUT2D eigenvalue weighted by atomic mass is 16.5. The van der Waals surface area contributed by atoms with Crippen molar-refractivity contribution in [1.29, 1.82) is 0 Å². The van der Waals surface area contributed by atoms with Crippen LogP contribution in [0.25, 0.3) is 0 Å². The van der Waals surface area contributed by atoms with Crippen molar-refractivity contribution in [3.63, 3.8) is 0 Å². The average Bonchev–Trinajstić information content (AvgIpc) is 2.56. The third kappa shape index (κ3) is 4.58. The van der Waals surface area contributed by atoms with E-state index in [1.807, 2.05) is 13.8 Å². The van der Waals surface area contributed by atoms with E-state index in [-0.39, 0.29) is 24.1 Å². The third-order valence-corrected chi connectivity index (χ3v) is 4.33. The van der Waals surface area contributed by atoms with E-state index in [1.54, 1.807) is 4.90 Å². The second-order valence-electron chi connectivity index (χ2n) is 5.79. The van der Waals surface area contributed by atoms with E-state index in [0.717, 1.165) is 25.9 Å². The van der Waals surface area contributed by atoms with Gasteiger partial charge in [-0.3, -0.25) is 9.69 Å². The topological polar surface area (TPSA) is 71.1 Å². The highest BCUT2D eigenvalue weighted by molar-refractivity contribution is 5.75. The van der Waals surface area contributed by atoms with Gasteiger partial charge in [0.2, 0.25) is 0 Å². The van der Waals surface area contributed by atoms with Crippen LogP contribution in [0.4, 0.5) is 4.79 Å². The van der Waals surface area contributed by atoms with Crippen LogP contribution in [0.1, 0.15) is 26.7 Å². The Balaban J connectivity index is 1.72. The second kappa shape index (κ2) is 8.33. The summed E-state index contributed by atoms with van der Waals surface area (Å²) in [6.45, 7) is 8.25. The molecule has 1 N–H and O–H groups in total. The fourth-order valence-corrected chi connectivity index (χ4v) is 2.88. The standard InChI is InChI=1S/C15H27N3O4/c1-3-22-14(19)12(2)17-6-4-13(5-7-17)16-15(20)18-8-10-21-11-9-18/h12-13H,3-11H2,1-2H3,(H,16,20). The van der Waals surface area contributed by atoms with Crippen molar-refractivity contribution >= 4 is 12.0 Å². The monoisotopic (exact) mass is 313 g/mol. The van der Waals surface area contributed by atoms with E-state index in [2.05, 4.69) is 10.2 Å². The van der Waals surface area contributed by atoms with Crippen LogP contribution in [0.3, 0.4) is 0 Å². The summed E-state index contributed by atoms with van der Waals surface area (Å²) in [6, 6.07) is -0.0305. The number of hydrogen-bond donors (Lipinski definition) is 1. The van der Waals surface area contributed by atoms with Crippen LogP contribution < -0.4 is 5.32 Å². The molecular formula is C15H27N3O4. The van der Waals surface area contributed by atoms with Gasteiger partial charge in [0, 0.05) is 32.2 Å². The molecule has 2 aliphatic rings. The van der Waals surface area contributed by atoms with E-state index in [0.29, 0.717) is 32.9 Å². The van der Waals surface area contributed by atoms with Gasteiger partial charge in [0.1, 0.15) is 6.04 Å². The maximum atomic E-state index is 12.1. The Morgan fingerprint density at radius 2 is 1.86 bits per heavy atom. The zero-order valence-corrected chi connectivity index (χ0v) is 13.5. The van der Waals surface area contributed by atoms with Gasteiger partial charge in [-0.2, -0.15) is 0 Å². The summed E-state index contributed by atoms with van der Waals surface area (Å²) in [4.78, 5) is 27.8. The third-order valence-electron chi connectivity index (χ3n) is 4.33. The van der Waals surface area contributed by atoms with Gasteiger partial charge in [0.05, 0.1) is 19.8 Å². The summed E-state index contributed by atoms with van der Waals surface area (Å²) in [5.74, 6) is -0.168. The van der Waals surface area contributed by atoms with Crippen molar-refractivity contribution in [2.45, 2.75) is 38.8 Å². The van der Waals surface area contributed by atoms with Crippen LogP contribution in [-0.2, 0) is 14.3 Å². The number of piperidine rings is 1. The number of esters is 1. The number of rotatable bonds is 4. The lowest BCUT2D eigenvalue weighted by molar-refractivity contribution is -0.149. The van der Waals surface area contributed by atoms with Crippen LogP contribution in [0.5, 0.6) is 0 Å². The molecule has 0 aromatic carbocycles. The van der Waals surface area contributed by atoms with Crippen molar-refractivity contribution in [2.24, 2.45) is 0 Å². The molecule has 0 aliphatic carbocycles. The average molecular weight is 313 g/mol. The molecule has 2 rings (SSSR count). The lowest BCUT2D eigenvalue weighted by atomic mass is 10.0. The molecular weight excluding hydrogens is 286 g/mol. The van der Waals surface area contributed by atoms with Gasteiger partial charge < -0.3 is 19.7 Å². The van der Waals surface area contributed by atoms with Crippen LogP contribution in [0.15, 0.2) is 0 Å². The number of hydrogen-bond acceptors (Lipinski definition) is 5. The number of carbonyl (C=O) groups is 2. The molecule has 0 bridgehead atoms. The first kappa shape index (κ1) is 17.0. The summed E-state index contributed by atoms with van der Waals surface area (Å²) in [5.41, 5.74) is 0. The van der Waals surface area contributed by atoms with Crippen molar-refractivity contribution in [3.8, 4) is 0 Å². The fraction of sp³-hybridized carbons (Fsp3) is 0.867. The fourth-order valence-electron chi connectivity index (χ4n) is 2.88. The maximum absolute atomic E-state index is 12.1. The number of nitrogens with zero attached hydrogens (tertiary/aromatic N) is 2. The Hall–Kier alpha value is -1.34. The summed E-state index contributed by atoms with van der Waals surface area (Å²) >= 11 is 0. The first-order valence-electron chi connectivity index (χ1n) is 8.15. The molecule has 2 fully saturated rings. The molecule has 22 heavy (non-hydrogen) atoms. The molecule has 7 nitrogen and oxygen atoms in total. The molecule has 2 amide bonds. The molecule has 1 atom stereocenters. The number of carbonyl (C=O) groups excluding carboxylic acids is 2. The van der Waals surface area contributed by atoms with Crippen molar-refractivity contribution in [2.75, 3.05) is 46.0 Å². The molecule has 0 radical (unpaired) electrons. The van der Waals surface area contributed by atoms with Gasteiger partial charge in [0.25, 0.3) is 0 Å². The summed E-state index contributed by atoms with van der Waals surface area (Å²) in [7, 11) is 0. The minimum absolute atomic E-state index is 0.000177.